The molecular formula is C18H25ClN4O. The van der Waals surface area contributed by atoms with Gasteiger partial charge in [0.2, 0.25) is 5.91 Å². The normalized spacial score (nSPS) is 17.4. The van der Waals surface area contributed by atoms with E-state index >= 15 is 0 Å². The van der Waals surface area contributed by atoms with Gasteiger partial charge < -0.3 is 10.2 Å². The molecule has 5 nitrogen and oxygen atoms in total. The number of carbonyl (C=O) groups is 1. The Morgan fingerprint density at radius 3 is 2.79 bits per heavy atom. The first-order chi connectivity index (χ1) is 11.3. The summed E-state index contributed by atoms with van der Waals surface area (Å²) in [5.41, 5.74) is 2.07. The third-order valence-electron chi connectivity index (χ3n) is 4.43. The standard InChI is InChI=1S/C18H24N4O.ClH/c1-19-13-16-4-2-10-21(14-16)18(23)12-15-5-7-17(8-6-15)22-11-3-9-20-22;/h3,5-9,11,16,19H,2,4,10,12-14H2,1H3;1H. The minimum Gasteiger partial charge on any atom is -0.342 e. The van der Waals surface area contributed by atoms with Crippen LogP contribution in [-0.2, 0) is 11.2 Å². The van der Waals surface area contributed by atoms with Gasteiger partial charge in [-0.25, -0.2) is 4.68 Å². The summed E-state index contributed by atoms with van der Waals surface area (Å²) in [6.07, 6.45) is 6.47. The molecule has 0 spiro atoms. The molecule has 1 unspecified atom stereocenters. The Hall–Kier alpha value is -1.85. The molecule has 0 radical (unpaired) electrons. The minimum absolute atomic E-state index is 0. The smallest absolute Gasteiger partial charge is 0.226 e. The predicted molar refractivity (Wildman–Crippen MR) is 97.7 cm³/mol. The number of amides is 1. The van der Waals surface area contributed by atoms with E-state index < -0.39 is 0 Å². The van der Waals surface area contributed by atoms with Gasteiger partial charge in [-0.2, -0.15) is 5.10 Å². The molecule has 0 saturated carbocycles. The summed E-state index contributed by atoms with van der Waals surface area (Å²) >= 11 is 0. The number of piperidine rings is 1. The largest absolute Gasteiger partial charge is 0.342 e. The lowest BCUT2D eigenvalue weighted by Crippen LogP contribution is -2.43. The first kappa shape index (κ1) is 18.5. The summed E-state index contributed by atoms with van der Waals surface area (Å²) in [6.45, 7) is 2.76. The average Bonchev–Trinajstić information content (AvgIpc) is 3.11. The lowest BCUT2D eigenvalue weighted by molar-refractivity contribution is -0.132. The van der Waals surface area contributed by atoms with Crippen molar-refractivity contribution >= 4 is 18.3 Å². The van der Waals surface area contributed by atoms with E-state index in [9.17, 15) is 4.79 Å². The molecule has 1 aliphatic rings. The number of halogens is 1. The Kier molecular flexibility index (Phi) is 6.82. The first-order valence-corrected chi connectivity index (χ1v) is 8.27. The van der Waals surface area contributed by atoms with Crippen LogP contribution in [-0.4, -0.2) is 47.3 Å². The molecule has 1 aromatic heterocycles. The Bertz CT molecular complexity index is 625. The van der Waals surface area contributed by atoms with Gasteiger partial charge in [0.1, 0.15) is 0 Å². The van der Waals surface area contributed by atoms with Gasteiger partial charge in [-0.3, -0.25) is 4.79 Å². The molecule has 1 saturated heterocycles. The molecule has 6 heteroatoms. The summed E-state index contributed by atoms with van der Waals surface area (Å²) in [7, 11) is 1.97. The molecule has 1 aromatic carbocycles. The fraction of sp³-hybridized carbons (Fsp3) is 0.444. The highest BCUT2D eigenvalue weighted by molar-refractivity contribution is 5.85. The molecular weight excluding hydrogens is 324 g/mol. The van der Waals surface area contributed by atoms with Crippen LogP contribution in [0.25, 0.3) is 5.69 Å². The number of likely N-dealkylation sites (tertiary alicyclic amines) is 1. The molecule has 1 N–H and O–H groups in total. The van der Waals surface area contributed by atoms with E-state index in [4.69, 9.17) is 0 Å². The second kappa shape index (κ2) is 8.85. The van der Waals surface area contributed by atoms with Crippen molar-refractivity contribution < 1.29 is 4.79 Å². The van der Waals surface area contributed by atoms with Crippen LogP contribution in [0.4, 0.5) is 0 Å². The second-order valence-corrected chi connectivity index (χ2v) is 6.20. The van der Waals surface area contributed by atoms with Crippen molar-refractivity contribution in [3.8, 4) is 5.69 Å². The van der Waals surface area contributed by atoms with E-state index in [0.29, 0.717) is 12.3 Å². The van der Waals surface area contributed by atoms with Crippen molar-refractivity contribution in [2.24, 2.45) is 5.92 Å². The zero-order chi connectivity index (χ0) is 16.1. The third-order valence-corrected chi connectivity index (χ3v) is 4.43. The molecule has 0 bridgehead atoms. The number of nitrogens with one attached hydrogen (secondary N) is 1. The zero-order valence-corrected chi connectivity index (χ0v) is 14.8. The van der Waals surface area contributed by atoms with Crippen molar-refractivity contribution in [3.63, 3.8) is 0 Å². The monoisotopic (exact) mass is 348 g/mol. The Morgan fingerprint density at radius 1 is 1.33 bits per heavy atom. The number of carbonyl (C=O) groups excluding carboxylic acids is 1. The number of hydrogen-bond donors (Lipinski definition) is 1. The summed E-state index contributed by atoms with van der Waals surface area (Å²) < 4.78 is 1.82. The Labute approximate surface area is 149 Å². The van der Waals surface area contributed by atoms with Crippen LogP contribution in [0.2, 0.25) is 0 Å². The highest BCUT2D eigenvalue weighted by atomic mass is 35.5. The van der Waals surface area contributed by atoms with E-state index in [-0.39, 0.29) is 18.3 Å². The van der Waals surface area contributed by atoms with Gasteiger partial charge in [-0.05, 0) is 56.1 Å². The fourth-order valence-corrected chi connectivity index (χ4v) is 3.22. The van der Waals surface area contributed by atoms with Crippen LogP contribution in [0.1, 0.15) is 18.4 Å². The van der Waals surface area contributed by atoms with Crippen LogP contribution < -0.4 is 5.32 Å². The first-order valence-electron chi connectivity index (χ1n) is 8.27. The topological polar surface area (TPSA) is 50.2 Å². The lowest BCUT2D eigenvalue weighted by Gasteiger charge is -2.32. The summed E-state index contributed by atoms with van der Waals surface area (Å²) in [6, 6.07) is 9.95. The van der Waals surface area contributed by atoms with Gasteiger partial charge >= 0.3 is 0 Å². The quantitative estimate of drug-likeness (QED) is 0.902. The highest BCUT2D eigenvalue weighted by Crippen LogP contribution is 2.17. The van der Waals surface area contributed by atoms with Crippen LogP contribution in [0.5, 0.6) is 0 Å². The SMILES string of the molecule is CNCC1CCCN(C(=O)Cc2ccc(-n3cccn3)cc2)C1.Cl. The second-order valence-electron chi connectivity index (χ2n) is 6.20. The van der Waals surface area contributed by atoms with E-state index in [1.807, 2.05) is 53.2 Å². The van der Waals surface area contributed by atoms with Crippen molar-refractivity contribution in [2.45, 2.75) is 19.3 Å². The highest BCUT2D eigenvalue weighted by Gasteiger charge is 2.23. The van der Waals surface area contributed by atoms with Gasteiger partial charge in [-0.15, -0.1) is 12.4 Å². The van der Waals surface area contributed by atoms with Crippen LogP contribution >= 0.6 is 12.4 Å². The Balaban J connectivity index is 0.00000208. The number of rotatable bonds is 5. The van der Waals surface area contributed by atoms with Gasteiger partial charge in [-0.1, -0.05) is 12.1 Å². The summed E-state index contributed by atoms with van der Waals surface area (Å²) in [4.78, 5) is 14.5. The molecule has 130 valence electrons. The predicted octanol–water partition coefficient (Wildman–Crippen LogP) is 2.29. The third kappa shape index (κ3) is 4.58. The van der Waals surface area contributed by atoms with Gasteiger partial charge in [0.15, 0.2) is 0 Å². The van der Waals surface area contributed by atoms with E-state index in [1.165, 1.54) is 6.42 Å². The molecule has 1 aliphatic heterocycles. The van der Waals surface area contributed by atoms with Crippen LogP contribution in [0.15, 0.2) is 42.7 Å². The summed E-state index contributed by atoms with van der Waals surface area (Å²) in [5, 5.41) is 7.43. The average molecular weight is 349 g/mol. The van der Waals surface area contributed by atoms with Gasteiger partial charge in [0.25, 0.3) is 0 Å². The number of hydrogen-bond acceptors (Lipinski definition) is 3. The maximum atomic E-state index is 12.5. The molecule has 1 atom stereocenters. The zero-order valence-electron chi connectivity index (χ0n) is 14.0. The Morgan fingerprint density at radius 2 is 2.12 bits per heavy atom. The van der Waals surface area contributed by atoms with Crippen molar-refractivity contribution in [3.05, 3.63) is 48.3 Å². The molecule has 2 heterocycles. The molecule has 1 amide bonds. The number of nitrogens with zero attached hydrogens (tertiary/aromatic N) is 3. The maximum absolute atomic E-state index is 12.5. The van der Waals surface area contributed by atoms with E-state index in [0.717, 1.165) is 37.3 Å². The van der Waals surface area contributed by atoms with Gasteiger partial charge in [0, 0.05) is 25.5 Å². The number of benzene rings is 1. The van der Waals surface area contributed by atoms with E-state index in [1.54, 1.807) is 6.20 Å². The van der Waals surface area contributed by atoms with Crippen molar-refractivity contribution in [1.82, 2.24) is 20.0 Å². The molecule has 1 fully saturated rings. The van der Waals surface area contributed by atoms with Crippen LogP contribution in [0.3, 0.4) is 0 Å². The fourth-order valence-electron chi connectivity index (χ4n) is 3.22. The van der Waals surface area contributed by atoms with Crippen LogP contribution in [0, 0.1) is 5.92 Å². The maximum Gasteiger partial charge on any atom is 0.226 e. The number of aromatic nitrogens is 2. The van der Waals surface area contributed by atoms with Crippen molar-refractivity contribution in [2.75, 3.05) is 26.7 Å². The van der Waals surface area contributed by atoms with E-state index in [2.05, 4.69) is 10.4 Å². The van der Waals surface area contributed by atoms with Gasteiger partial charge in [0.05, 0.1) is 12.1 Å². The van der Waals surface area contributed by atoms with Crippen molar-refractivity contribution in [1.29, 1.82) is 0 Å². The summed E-state index contributed by atoms with van der Waals surface area (Å²) in [5.74, 6) is 0.817. The lowest BCUT2D eigenvalue weighted by atomic mass is 9.97. The minimum atomic E-state index is 0. The molecule has 2 aromatic rings. The molecule has 24 heavy (non-hydrogen) atoms. The molecule has 3 rings (SSSR count). The molecule has 0 aliphatic carbocycles.